The van der Waals surface area contributed by atoms with Gasteiger partial charge >= 0.3 is 5.95 Å². The SMILES string of the molecule is CCCCOc1ccc(-c2nc(C=Nc3cccc(Cl)c3)c(O)o2)cc1. The molecular weight excluding hydrogens is 352 g/mol. The second-order valence-corrected chi connectivity index (χ2v) is 6.11. The molecule has 0 bridgehead atoms. The first kappa shape index (κ1) is 18.0. The first-order valence-corrected chi connectivity index (χ1v) is 8.76. The van der Waals surface area contributed by atoms with Gasteiger partial charge in [-0.3, -0.25) is 4.99 Å². The summed E-state index contributed by atoms with van der Waals surface area (Å²) >= 11 is 5.93. The number of aromatic nitrogens is 1. The van der Waals surface area contributed by atoms with E-state index in [1.165, 1.54) is 6.21 Å². The van der Waals surface area contributed by atoms with Gasteiger partial charge in [0, 0.05) is 10.6 Å². The quantitative estimate of drug-likeness (QED) is 0.432. The Balaban J connectivity index is 1.73. The lowest BCUT2D eigenvalue weighted by molar-refractivity contribution is 0.309. The van der Waals surface area contributed by atoms with Crippen molar-refractivity contribution < 1.29 is 14.3 Å². The molecule has 2 aromatic carbocycles. The molecule has 0 fully saturated rings. The Labute approximate surface area is 156 Å². The van der Waals surface area contributed by atoms with Crippen molar-refractivity contribution in [3.05, 3.63) is 59.2 Å². The van der Waals surface area contributed by atoms with Crippen LogP contribution in [0.3, 0.4) is 0 Å². The van der Waals surface area contributed by atoms with Gasteiger partial charge in [-0.25, -0.2) is 4.98 Å². The van der Waals surface area contributed by atoms with Crippen LogP contribution in [0, 0.1) is 0 Å². The summed E-state index contributed by atoms with van der Waals surface area (Å²) in [6.07, 6.45) is 3.55. The Morgan fingerprint density at radius 3 is 2.77 bits per heavy atom. The van der Waals surface area contributed by atoms with Gasteiger partial charge in [0.2, 0.25) is 5.89 Å². The first-order valence-electron chi connectivity index (χ1n) is 8.38. The zero-order chi connectivity index (χ0) is 18.4. The molecule has 1 N–H and O–H groups in total. The lowest BCUT2D eigenvalue weighted by atomic mass is 10.2. The van der Waals surface area contributed by atoms with E-state index in [0.29, 0.717) is 23.2 Å². The maximum absolute atomic E-state index is 9.95. The summed E-state index contributed by atoms with van der Waals surface area (Å²) in [6, 6.07) is 14.5. The number of nitrogens with zero attached hydrogens (tertiary/aromatic N) is 2. The molecule has 6 heteroatoms. The van der Waals surface area contributed by atoms with Crippen LogP contribution in [0.25, 0.3) is 11.5 Å². The third-order valence-corrected chi connectivity index (χ3v) is 3.88. The molecule has 0 aliphatic heterocycles. The number of hydrogen-bond acceptors (Lipinski definition) is 5. The third kappa shape index (κ3) is 4.64. The minimum atomic E-state index is -0.283. The molecule has 0 unspecified atom stereocenters. The number of aromatic hydroxyl groups is 1. The summed E-state index contributed by atoms with van der Waals surface area (Å²) in [4.78, 5) is 8.53. The molecule has 5 nitrogen and oxygen atoms in total. The van der Waals surface area contributed by atoms with E-state index in [1.54, 1.807) is 24.3 Å². The smallest absolute Gasteiger partial charge is 0.312 e. The molecule has 0 spiro atoms. The van der Waals surface area contributed by atoms with E-state index in [2.05, 4.69) is 16.9 Å². The van der Waals surface area contributed by atoms with Crippen molar-refractivity contribution in [1.29, 1.82) is 0 Å². The van der Waals surface area contributed by atoms with Crippen LogP contribution in [0.2, 0.25) is 5.02 Å². The molecule has 0 aliphatic carbocycles. The van der Waals surface area contributed by atoms with Crippen LogP contribution in [0.1, 0.15) is 25.5 Å². The van der Waals surface area contributed by atoms with Crippen molar-refractivity contribution in [2.24, 2.45) is 4.99 Å². The molecule has 0 aliphatic rings. The fourth-order valence-electron chi connectivity index (χ4n) is 2.25. The van der Waals surface area contributed by atoms with Crippen molar-refractivity contribution in [3.63, 3.8) is 0 Å². The zero-order valence-corrected chi connectivity index (χ0v) is 15.1. The molecule has 26 heavy (non-hydrogen) atoms. The molecular formula is C20H19ClN2O3. The van der Waals surface area contributed by atoms with Crippen LogP contribution in [-0.2, 0) is 0 Å². The summed E-state index contributed by atoms with van der Waals surface area (Å²) in [5.74, 6) is 0.824. The molecule has 1 aromatic heterocycles. The molecule has 0 saturated heterocycles. The van der Waals surface area contributed by atoms with Gasteiger partial charge in [-0.1, -0.05) is 31.0 Å². The Bertz CT molecular complexity index is 888. The summed E-state index contributed by atoms with van der Waals surface area (Å²) in [5.41, 5.74) is 1.66. The van der Waals surface area contributed by atoms with E-state index in [-0.39, 0.29) is 11.6 Å². The van der Waals surface area contributed by atoms with E-state index >= 15 is 0 Å². The Morgan fingerprint density at radius 1 is 1.23 bits per heavy atom. The molecule has 0 radical (unpaired) electrons. The van der Waals surface area contributed by atoms with Crippen molar-refractivity contribution >= 4 is 23.5 Å². The maximum atomic E-state index is 9.95. The zero-order valence-electron chi connectivity index (χ0n) is 14.4. The van der Waals surface area contributed by atoms with Gasteiger partial charge in [0.1, 0.15) is 5.75 Å². The second-order valence-electron chi connectivity index (χ2n) is 5.67. The molecule has 0 amide bonds. The Kier molecular flexibility index (Phi) is 5.92. The van der Waals surface area contributed by atoms with Crippen LogP contribution in [0.15, 0.2) is 57.9 Å². The average Bonchev–Trinajstić information content (AvgIpc) is 3.02. The number of benzene rings is 2. The van der Waals surface area contributed by atoms with E-state index in [4.69, 9.17) is 20.8 Å². The third-order valence-electron chi connectivity index (χ3n) is 3.65. The van der Waals surface area contributed by atoms with Crippen LogP contribution in [0.4, 0.5) is 5.69 Å². The van der Waals surface area contributed by atoms with Gasteiger partial charge in [0.15, 0.2) is 5.69 Å². The number of oxazole rings is 1. The monoisotopic (exact) mass is 370 g/mol. The van der Waals surface area contributed by atoms with Crippen LogP contribution >= 0.6 is 11.6 Å². The van der Waals surface area contributed by atoms with E-state index in [1.807, 2.05) is 24.3 Å². The van der Waals surface area contributed by atoms with Crippen LogP contribution in [-0.4, -0.2) is 22.9 Å². The fraction of sp³-hybridized carbons (Fsp3) is 0.200. The molecule has 134 valence electrons. The largest absolute Gasteiger partial charge is 0.494 e. The summed E-state index contributed by atoms with van der Waals surface area (Å²) in [7, 11) is 0. The summed E-state index contributed by atoms with van der Waals surface area (Å²) < 4.78 is 11.0. The normalized spacial score (nSPS) is 11.2. The van der Waals surface area contributed by atoms with Gasteiger partial charge < -0.3 is 14.3 Å². The van der Waals surface area contributed by atoms with E-state index < -0.39 is 0 Å². The predicted molar refractivity (Wildman–Crippen MR) is 103 cm³/mol. The highest BCUT2D eigenvalue weighted by atomic mass is 35.5. The number of ether oxygens (including phenoxy) is 1. The predicted octanol–water partition coefficient (Wildman–Crippen LogP) is 5.63. The molecule has 0 atom stereocenters. The van der Waals surface area contributed by atoms with Gasteiger partial charge in [-0.15, -0.1) is 0 Å². The standard InChI is InChI=1S/C20H19ClN2O3/c1-2-3-11-25-17-9-7-14(8-10-17)19-23-18(20(24)26-19)13-22-16-6-4-5-15(21)12-16/h4-10,12-13,24H,2-3,11H2,1H3. The maximum Gasteiger partial charge on any atom is 0.312 e. The topological polar surface area (TPSA) is 67.9 Å². The minimum Gasteiger partial charge on any atom is -0.494 e. The minimum absolute atomic E-state index is 0.253. The summed E-state index contributed by atoms with van der Waals surface area (Å²) in [6.45, 7) is 2.81. The number of rotatable bonds is 7. The van der Waals surface area contributed by atoms with Crippen LogP contribution < -0.4 is 4.74 Å². The lowest BCUT2D eigenvalue weighted by Gasteiger charge is -2.05. The number of hydrogen-bond donors (Lipinski definition) is 1. The van der Waals surface area contributed by atoms with Crippen molar-refractivity contribution in [1.82, 2.24) is 4.98 Å². The lowest BCUT2D eigenvalue weighted by Crippen LogP contribution is -1.95. The van der Waals surface area contributed by atoms with Gasteiger partial charge in [0.25, 0.3) is 0 Å². The van der Waals surface area contributed by atoms with Gasteiger partial charge in [0.05, 0.1) is 18.5 Å². The van der Waals surface area contributed by atoms with Gasteiger partial charge in [-0.2, -0.15) is 0 Å². The molecule has 3 rings (SSSR count). The van der Waals surface area contributed by atoms with E-state index in [0.717, 1.165) is 24.2 Å². The first-order chi connectivity index (χ1) is 12.7. The average molecular weight is 371 g/mol. The second kappa shape index (κ2) is 8.54. The molecule has 0 saturated carbocycles. The van der Waals surface area contributed by atoms with Crippen molar-refractivity contribution in [2.45, 2.75) is 19.8 Å². The number of halogens is 1. The Morgan fingerprint density at radius 2 is 2.04 bits per heavy atom. The highest BCUT2D eigenvalue weighted by Gasteiger charge is 2.12. The van der Waals surface area contributed by atoms with Crippen LogP contribution in [0.5, 0.6) is 11.7 Å². The van der Waals surface area contributed by atoms with Gasteiger partial charge in [-0.05, 0) is 48.9 Å². The fourth-order valence-corrected chi connectivity index (χ4v) is 2.44. The Hall–Kier alpha value is -2.79. The number of aliphatic imine (C=N–C) groups is 1. The van der Waals surface area contributed by atoms with Crippen molar-refractivity contribution in [2.75, 3.05) is 6.61 Å². The number of unbranched alkanes of at least 4 members (excludes halogenated alkanes) is 1. The molecule has 3 aromatic rings. The highest BCUT2D eigenvalue weighted by molar-refractivity contribution is 6.30. The highest BCUT2D eigenvalue weighted by Crippen LogP contribution is 2.27. The van der Waals surface area contributed by atoms with Crippen molar-refractivity contribution in [3.8, 4) is 23.1 Å². The molecule has 1 heterocycles. The van der Waals surface area contributed by atoms with E-state index in [9.17, 15) is 5.11 Å². The summed E-state index contributed by atoms with van der Waals surface area (Å²) in [5, 5.41) is 10.5.